The van der Waals surface area contributed by atoms with E-state index in [1.807, 2.05) is 11.9 Å². The average Bonchev–Trinajstić information content (AvgIpc) is 2.30. The van der Waals surface area contributed by atoms with Crippen molar-refractivity contribution < 1.29 is 9.53 Å². The zero-order valence-corrected chi connectivity index (χ0v) is 6.41. The molecule has 0 bridgehead atoms. The number of aldehydes is 1. The Morgan fingerprint density at radius 1 is 1.60 bits per heavy atom. The Labute approximate surface area is 61.0 Å². The summed E-state index contributed by atoms with van der Waals surface area (Å²) >= 11 is 0. The Morgan fingerprint density at radius 2 is 2.30 bits per heavy atom. The molecular formula is C7H13NO2. The molecule has 0 aromatic heterocycles. The monoisotopic (exact) mass is 143 g/mol. The van der Waals surface area contributed by atoms with Crippen molar-refractivity contribution in [3.8, 4) is 0 Å². The molecule has 3 nitrogen and oxygen atoms in total. The van der Waals surface area contributed by atoms with Gasteiger partial charge in [-0.1, -0.05) is 0 Å². The number of likely N-dealkylation sites (N-methyl/N-ethyl adjacent to an activating group) is 1. The maximum absolute atomic E-state index is 10.4. The zero-order chi connectivity index (χ0) is 7.56. The van der Waals surface area contributed by atoms with Crippen molar-refractivity contribution in [2.24, 2.45) is 0 Å². The molecule has 0 aliphatic carbocycles. The number of ether oxygens (including phenoxy) is 1. The van der Waals surface area contributed by atoms with E-state index >= 15 is 0 Å². The molecule has 1 heterocycles. The highest BCUT2D eigenvalue weighted by Crippen LogP contribution is 2.20. The van der Waals surface area contributed by atoms with Crippen molar-refractivity contribution in [2.75, 3.05) is 14.2 Å². The van der Waals surface area contributed by atoms with Crippen molar-refractivity contribution in [1.29, 1.82) is 0 Å². The number of hydrogen-bond acceptors (Lipinski definition) is 3. The lowest BCUT2D eigenvalue weighted by Crippen LogP contribution is -2.33. The quantitative estimate of drug-likeness (QED) is 0.519. The molecule has 0 amide bonds. The third-order valence-corrected chi connectivity index (χ3v) is 2.12. The second-order valence-electron chi connectivity index (χ2n) is 2.64. The van der Waals surface area contributed by atoms with Crippen LogP contribution in [0.5, 0.6) is 0 Å². The molecule has 0 spiro atoms. The Kier molecular flexibility index (Phi) is 2.40. The van der Waals surface area contributed by atoms with E-state index in [9.17, 15) is 4.79 Å². The highest BCUT2D eigenvalue weighted by molar-refractivity contribution is 5.58. The maximum Gasteiger partial charge on any atom is 0.137 e. The van der Waals surface area contributed by atoms with Gasteiger partial charge in [-0.25, -0.2) is 0 Å². The second-order valence-corrected chi connectivity index (χ2v) is 2.64. The molecule has 1 aliphatic heterocycles. The van der Waals surface area contributed by atoms with E-state index in [1.165, 1.54) is 0 Å². The number of hydrogen-bond donors (Lipinski definition) is 0. The summed E-state index contributed by atoms with van der Waals surface area (Å²) < 4.78 is 5.12. The van der Waals surface area contributed by atoms with E-state index in [0.29, 0.717) is 0 Å². The second kappa shape index (κ2) is 3.12. The first kappa shape index (κ1) is 7.69. The minimum atomic E-state index is 0.0740. The Hall–Kier alpha value is -0.410. The van der Waals surface area contributed by atoms with Crippen molar-refractivity contribution in [3.05, 3.63) is 0 Å². The molecular weight excluding hydrogens is 130 g/mol. The summed E-state index contributed by atoms with van der Waals surface area (Å²) in [4.78, 5) is 12.3. The van der Waals surface area contributed by atoms with Gasteiger partial charge in [0.1, 0.15) is 12.5 Å². The van der Waals surface area contributed by atoms with Gasteiger partial charge in [-0.15, -0.1) is 0 Å². The smallest absolute Gasteiger partial charge is 0.137 e. The first-order valence-electron chi connectivity index (χ1n) is 3.49. The molecule has 1 saturated heterocycles. The zero-order valence-electron chi connectivity index (χ0n) is 6.41. The van der Waals surface area contributed by atoms with E-state index in [-0.39, 0.29) is 12.3 Å². The van der Waals surface area contributed by atoms with Gasteiger partial charge in [-0.3, -0.25) is 4.90 Å². The van der Waals surface area contributed by atoms with Gasteiger partial charge in [0, 0.05) is 7.11 Å². The lowest BCUT2D eigenvalue weighted by Gasteiger charge is -2.20. The van der Waals surface area contributed by atoms with Gasteiger partial charge in [0.05, 0.1) is 6.04 Å². The molecule has 1 fully saturated rings. The molecule has 58 valence electrons. The molecule has 0 aromatic carbocycles. The number of rotatable bonds is 2. The van der Waals surface area contributed by atoms with Gasteiger partial charge in [-0.05, 0) is 19.9 Å². The predicted molar refractivity (Wildman–Crippen MR) is 37.6 cm³/mol. The minimum absolute atomic E-state index is 0.0740. The predicted octanol–water partition coefficient (Wildman–Crippen LogP) is 0.252. The van der Waals surface area contributed by atoms with Crippen LogP contribution in [0.4, 0.5) is 0 Å². The first-order valence-corrected chi connectivity index (χ1v) is 3.49. The summed E-state index contributed by atoms with van der Waals surface area (Å²) in [7, 11) is 3.59. The molecule has 1 rings (SSSR count). The Bertz CT molecular complexity index is 127. The summed E-state index contributed by atoms with van der Waals surface area (Å²) in [5, 5.41) is 0. The summed E-state index contributed by atoms with van der Waals surface area (Å²) in [5.74, 6) is 0. The van der Waals surface area contributed by atoms with Crippen LogP contribution in [0.15, 0.2) is 0 Å². The number of nitrogens with zero attached hydrogens (tertiary/aromatic N) is 1. The molecule has 10 heavy (non-hydrogen) atoms. The van der Waals surface area contributed by atoms with Gasteiger partial charge < -0.3 is 9.53 Å². The standard InChI is InChI=1S/C7H13NO2/c1-8-6(5-9)3-4-7(8)10-2/h5-7H,3-4H2,1-2H3/t6-,7?/m0/s1. The number of carbonyl (C=O) groups excluding carboxylic acids is 1. The van der Waals surface area contributed by atoms with Gasteiger partial charge in [0.2, 0.25) is 0 Å². The third kappa shape index (κ3) is 1.20. The summed E-state index contributed by atoms with van der Waals surface area (Å²) in [6.45, 7) is 0. The highest BCUT2D eigenvalue weighted by atomic mass is 16.5. The maximum atomic E-state index is 10.4. The Morgan fingerprint density at radius 3 is 2.60 bits per heavy atom. The van der Waals surface area contributed by atoms with Crippen molar-refractivity contribution in [3.63, 3.8) is 0 Å². The van der Waals surface area contributed by atoms with E-state index < -0.39 is 0 Å². The van der Waals surface area contributed by atoms with E-state index in [1.54, 1.807) is 7.11 Å². The summed E-state index contributed by atoms with van der Waals surface area (Å²) in [6.07, 6.45) is 3.03. The van der Waals surface area contributed by atoms with E-state index in [0.717, 1.165) is 19.1 Å². The molecule has 0 aromatic rings. The fourth-order valence-electron chi connectivity index (χ4n) is 1.38. The third-order valence-electron chi connectivity index (χ3n) is 2.12. The van der Waals surface area contributed by atoms with Gasteiger partial charge in [0.25, 0.3) is 0 Å². The van der Waals surface area contributed by atoms with Crippen molar-refractivity contribution in [1.82, 2.24) is 4.90 Å². The molecule has 1 aliphatic rings. The Balaban J connectivity index is 2.48. The van der Waals surface area contributed by atoms with Gasteiger partial charge in [-0.2, -0.15) is 0 Å². The van der Waals surface area contributed by atoms with Crippen LogP contribution in [0.1, 0.15) is 12.8 Å². The molecule has 2 atom stereocenters. The minimum Gasteiger partial charge on any atom is -0.366 e. The molecule has 0 saturated carbocycles. The molecule has 0 N–H and O–H groups in total. The highest BCUT2D eigenvalue weighted by Gasteiger charge is 2.29. The van der Waals surface area contributed by atoms with Crippen LogP contribution < -0.4 is 0 Å². The fourth-order valence-corrected chi connectivity index (χ4v) is 1.38. The fraction of sp³-hybridized carbons (Fsp3) is 0.857. The lowest BCUT2D eigenvalue weighted by atomic mass is 10.2. The molecule has 3 heteroatoms. The van der Waals surface area contributed by atoms with Crippen LogP contribution >= 0.6 is 0 Å². The van der Waals surface area contributed by atoms with Gasteiger partial charge in [0.15, 0.2) is 0 Å². The summed E-state index contributed by atoms with van der Waals surface area (Å²) in [5.41, 5.74) is 0. The van der Waals surface area contributed by atoms with E-state index in [4.69, 9.17) is 4.74 Å². The van der Waals surface area contributed by atoms with Crippen LogP contribution in [-0.4, -0.2) is 37.6 Å². The van der Waals surface area contributed by atoms with Crippen molar-refractivity contribution in [2.45, 2.75) is 25.1 Å². The van der Waals surface area contributed by atoms with Crippen LogP contribution in [0.2, 0.25) is 0 Å². The lowest BCUT2D eigenvalue weighted by molar-refractivity contribution is -0.113. The first-order chi connectivity index (χ1) is 4.79. The van der Waals surface area contributed by atoms with Crippen LogP contribution in [0, 0.1) is 0 Å². The average molecular weight is 143 g/mol. The van der Waals surface area contributed by atoms with Gasteiger partial charge >= 0.3 is 0 Å². The van der Waals surface area contributed by atoms with Crippen LogP contribution in [0.3, 0.4) is 0 Å². The molecule has 1 unspecified atom stereocenters. The number of carbonyl (C=O) groups is 1. The number of methoxy groups -OCH3 is 1. The SMILES string of the molecule is COC1CC[C@@H](C=O)N1C. The van der Waals surface area contributed by atoms with E-state index in [2.05, 4.69) is 0 Å². The topological polar surface area (TPSA) is 29.5 Å². The van der Waals surface area contributed by atoms with Crippen LogP contribution in [-0.2, 0) is 9.53 Å². The largest absolute Gasteiger partial charge is 0.366 e. The normalized spacial score (nSPS) is 34.6. The molecule has 0 radical (unpaired) electrons. The van der Waals surface area contributed by atoms with Crippen molar-refractivity contribution >= 4 is 6.29 Å². The van der Waals surface area contributed by atoms with Crippen LogP contribution in [0.25, 0.3) is 0 Å². The number of likely N-dealkylation sites (tertiary alicyclic amines) is 1. The summed E-state index contributed by atoms with van der Waals surface area (Å²) in [6, 6.07) is 0.0740.